The molecule has 0 unspecified atom stereocenters. The standard InChI is InChI=1S/C17H16F3N3O2S/c1-11-9-12(18)7-8-15(11)26(24,25)22(2)10-16-21-13-5-3-4-6-14(13)23(16)17(19)20/h3-9,17H,10H2,1-2H3. The lowest BCUT2D eigenvalue weighted by atomic mass is 10.2. The first-order chi connectivity index (χ1) is 12.2. The van der Waals surface area contributed by atoms with Crippen LogP contribution in [0.4, 0.5) is 13.2 Å². The summed E-state index contributed by atoms with van der Waals surface area (Å²) in [5, 5.41) is 0. The Morgan fingerprint density at radius 2 is 1.88 bits per heavy atom. The second-order valence-electron chi connectivity index (χ2n) is 5.84. The minimum absolute atomic E-state index is 0.0768. The number of para-hydroxylation sites is 2. The number of alkyl halides is 2. The number of rotatable bonds is 5. The molecule has 0 atom stereocenters. The Kier molecular flexibility index (Phi) is 4.76. The lowest BCUT2D eigenvalue weighted by molar-refractivity contribution is 0.0703. The smallest absolute Gasteiger partial charge is 0.269 e. The van der Waals surface area contributed by atoms with Crippen molar-refractivity contribution in [2.24, 2.45) is 0 Å². The van der Waals surface area contributed by atoms with Crippen LogP contribution in [0.1, 0.15) is 17.9 Å². The number of hydrogen-bond donors (Lipinski definition) is 0. The molecular weight excluding hydrogens is 367 g/mol. The molecule has 3 aromatic rings. The molecule has 1 heterocycles. The Bertz CT molecular complexity index is 1060. The van der Waals surface area contributed by atoms with Crippen molar-refractivity contribution in [3.05, 3.63) is 59.7 Å². The number of aromatic nitrogens is 2. The summed E-state index contributed by atoms with van der Waals surface area (Å²) < 4.78 is 67.3. The van der Waals surface area contributed by atoms with Crippen molar-refractivity contribution >= 4 is 21.1 Å². The summed E-state index contributed by atoms with van der Waals surface area (Å²) in [6.45, 7) is -1.74. The Labute approximate surface area is 148 Å². The molecule has 5 nitrogen and oxygen atoms in total. The van der Waals surface area contributed by atoms with Crippen LogP contribution in [0.3, 0.4) is 0 Å². The summed E-state index contributed by atoms with van der Waals surface area (Å²) in [7, 11) is -2.72. The molecule has 3 rings (SSSR count). The van der Waals surface area contributed by atoms with Gasteiger partial charge in [0, 0.05) is 7.05 Å². The van der Waals surface area contributed by atoms with Crippen molar-refractivity contribution < 1.29 is 21.6 Å². The SMILES string of the molecule is Cc1cc(F)ccc1S(=O)(=O)N(C)Cc1nc2ccccc2n1C(F)F. The minimum Gasteiger partial charge on any atom is -0.269 e. The maximum absolute atomic E-state index is 13.5. The van der Waals surface area contributed by atoms with Crippen LogP contribution in [-0.4, -0.2) is 29.3 Å². The van der Waals surface area contributed by atoms with Gasteiger partial charge in [-0.25, -0.2) is 17.8 Å². The van der Waals surface area contributed by atoms with Crippen molar-refractivity contribution in [1.82, 2.24) is 13.9 Å². The number of halogens is 3. The Morgan fingerprint density at radius 3 is 2.54 bits per heavy atom. The predicted molar refractivity (Wildman–Crippen MR) is 90.8 cm³/mol. The van der Waals surface area contributed by atoms with Gasteiger partial charge >= 0.3 is 6.55 Å². The molecule has 0 bridgehead atoms. The van der Waals surface area contributed by atoms with E-state index < -0.39 is 22.4 Å². The third-order valence-electron chi connectivity index (χ3n) is 4.05. The highest BCUT2D eigenvalue weighted by atomic mass is 32.2. The van der Waals surface area contributed by atoms with Gasteiger partial charge in [0.05, 0.1) is 22.5 Å². The second kappa shape index (κ2) is 6.73. The molecule has 0 saturated heterocycles. The summed E-state index contributed by atoms with van der Waals surface area (Å²) in [5.41, 5.74) is 0.812. The number of imidazole rings is 1. The average Bonchev–Trinajstić information content (AvgIpc) is 2.92. The van der Waals surface area contributed by atoms with Crippen LogP contribution >= 0.6 is 0 Å². The number of benzene rings is 2. The molecule has 0 aliphatic heterocycles. The zero-order valence-corrected chi connectivity index (χ0v) is 14.8. The van der Waals surface area contributed by atoms with Gasteiger partial charge in [0.2, 0.25) is 10.0 Å². The van der Waals surface area contributed by atoms with E-state index in [9.17, 15) is 21.6 Å². The van der Waals surface area contributed by atoms with Crippen LogP contribution in [0.5, 0.6) is 0 Å². The maximum Gasteiger partial charge on any atom is 0.320 e. The van der Waals surface area contributed by atoms with Gasteiger partial charge in [0.25, 0.3) is 0 Å². The molecule has 9 heteroatoms. The number of nitrogens with zero attached hydrogens (tertiary/aromatic N) is 3. The topological polar surface area (TPSA) is 55.2 Å². The van der Waals surface area contributed by atoms with Crippen molar-refractivity contribution in [3.8, 4) is 0 Å². The summed E-state index contributed by atoms with van der Waals surface area (Å²) in [6, 6.07) is 9.66. The van der Waals surface area contributed by atoms with Gasteiger partial charge in [-0.05, 0) is 42.8 Å². The van der Waals surface area contributed by atoms with Crippen molar-refractivity contribution in [3.63, 3.8) is 0 Å². The summed E-state index contributed by atoms with van der Waals surface area (Å²) in [5.74, 6) is -0.629. The fraction of sp³-hybridized carbons (Fsp3) is 0.235. The molecule has 0 amide bonds. The summed E-state index contributed by atoms with van der Waals surface area (Å²) in [6.07, 6.45) is 0. The molecule has 0 N–H and O–H groups in total. The summed E-state index contributed by atoms with van der Waals surface area (Å²) >= 11 is 0. The van der Waals surface area contributed by atoms with E-state index in [1.807, 2.05) is 0 Å². The van der Waals surface area contributed by atoms with Gasteiger partial charge in [-0.1, -0.05) is 12.1 Å². The zero-order chi connectivity index (χ0) is 19.1. The lowest BCUT2D eigenvalue weighted by Gasteiger charge is -2.19. The highest BCUT2D eigenvalue weighted by Gasteiger charge is 2.26. The number of aryl methyl sites for hydroxylation is 1. The first-order valence-corrected chi connectivity index (χ1v) is 9.12. The van der Waals surface area contributed by atoms with Crippen molar-refractivity contribution in [2.75, 3.05) is 7.05 Å². The van der Waals surface area contributed by atoms with E-state index in [2.05, 4.69) is 4.98 Å². The maximum atomic E-state index is 13.5. The van der Waals surface area contributed by atoms with Crippen LogP contribution in [0, 0.1) is 12.7 Å². The van der Waals surface area contributed by atoms with Gasteiger partial charge in [0.15, 0.2) is 0 Å². The van der Waals surface area contributed by atoms with Gasteiger partial charge in [-0.15, -0.1) is 0 Å². The highest BCUT2D eigenvalue weighted by molar-refractivity contribution is 7.89. The van der Waals surface area contributed by atoms with Gasteiger partial charge in [-0.3, -0.25) is 4.57 Å². The molecule has 0 spiro atoms. The largest absolute Gasteiger partial charge is 0.320 e. The van der Waals surface area contributed by atoms with E-state index in [1.54, 1.807) is 18.2 Å². The fourth-order valence-electron chi connectivity index (χ4n) is 2.78. The van der Waals surface area contributed by atoms with Gasteiger partial charge in [0.1, 0.15) is 11.6 Å². The van der Waals surface area contributed by atoms with E-state index in [0.717, 1.165) is 22.5 Å². The Balaban J connectivity index is 2.01. The van der Waals surface area contributed by atoms with E-state index in [0.29, 0.717) is 10.1 Å². The molecule has 0 aliphatic rings. The van der Waals surface area contributed by atoms with Crippen molar-refractivity contribution in [2.45, 2.75) is 24.9 Å². The fourth-order valence-corrected chi connectivity index (χ4v) is 4.10. The van der Waals surface area contributed by atoms with Crippen LogP contribution in [0.15, 0.2) is 47.4 Å². The Morgan fingerprint density at radius 1 is 1.19 bits per heavy atom. The van der Waals surface area contributed by atoms with Crippen LogP contribution in [0.25, 0.3) is 11.0 Å². The first kappa shape index (κ1) is 18.4. The molecule has 0 aliphatic carbocycles. The second-order valence-corrected chi connectivity index (χ2v) is 7.85. The molecule has 0 fully saturated rings. The number of sulfonamides is 1. The molecule has 0 radical (unpaired) electrons. The normalized spacial score (nSPS) is 12.4. The van der Waals surface area contributed by atoms with E-state index >= 15 is 0 Å². The summed E-state index contributed by atoms with van der Waals surface area (Å²) in [4.78, 5) is 4.05. The molecule has 2 aromatic carbocycles. The highest BCUT2D eigenvalue weighted by Crippen LogP contribution is 2.26. The van der Waals surface area contributed by atoms with Crippen molar-refractivity contribution in [1.29, 1.82) is 0 Å². The zero-order valence-electron chi connectivity index (χ0n) is 14.0. The minimum atomic E-state index is -4.00. The quantitative estimate of drug-likeness (QED) is 0.675. The van der Waals surface area contributed by atoms with Crippen LogP contribution in [-0.2, 0) is 16.6 Å². The Hall–Kier alpha value is -2.39. The monoisotopic (exact) mass is 383 g/mol. The van der Waals surface area contributed by atoms with E-state index in [-0.39, 0.29) is 28.3 Å². The molecule has 0 saturated carbocycles. The molecular formula is C17H16F3N3O2S. The van der Waals surface area contributed by atoms with E-state index in [4.69, 9.17) is 0 Å². The third-order valence-corrected chi connectivity index (χ3v) is 6.02. The molecule has 26 heavy (non-hydrogen) atoms. The number of hydrogen-bond acceptors (Lipinski definition) is 3. The molecule has 1 aromatic heterocycles. The van der Waals surface area contributed by atoms with Crippen LogP contribution in [0.2, 0.25) is 0 Å². The lowest BCUT2D eigenvalue weighted by Crippen LogP contribution is -2.28. The van der Waals surface area contributed by atoms with Crippen LogP contribution < -0.4 is 0 Å². The average molecular weight is 383 g/mol. The number of fused-ring (bicyclic) bond motifs is 1. The van der Waals surface area contributed by atoms with Gasteiger partial charge in [-0.2, -0.15) is 13.1 Å². The van der Waals surface area contributed by atoms with E-state index in [1.165, 1.54) is 20.0 Å². The molecule has 138 valence electrons. The van der Waals surface area contributed by atoms with Gasteiger partial charge < -0.3 is 0 Å². The predicted octanol–water partition coefficient (Wildman–Crippen LogP) is 3.70. The first-order valence-electron chi connectivity index (χ1n) is 7.68. The third kappa shape index (κ3) is 3.19.